The molecule has 3 fully saturated rings. The number of nitrogens with zero attached hydrogens (tertiary/aromatic N) is 6. The summed E-state index contributed by atoms with van der Waals surface area (Å²) < 4.78 is 1.61. The largest absolute Gasteiger partial charge is 0.333 e. The zero-order chi connectivity index (χ0) is 20.8. The minimum atomic E-state index is -0.514. The van der Waals surface area contributed by atoms with Gasteiger partial charge in [-0.25, -0.2) is 4.68 Å². The Morgan fingerprint density at radius 1 is 1.10 bits per heavy atom. The number of likely N-dealkylation sites (tertiary alicyclic amines) is 1. The summed E-state index contributed by atoms with van der Waals surface area (Å²) in [7, 11) is 0. The van der Waals surface area contributed by atoms with Crippen LogP contribution in [0.4, 0.5) is 0 Å². The van der Waals surface area contributed by atoms with Gasteiger partial charge in [-0.15, -0.1) is 5.10 Å². The molecule has 0 saturated carbocycles. The van der Waals surface area contributed by atoms with Gasteiger partial charge < -0.3 is 4.90 Å². The maximum Gasteiger partial charge on any atom is 0.252 e. The number of carbonyl (C=O) groups excluding carboxylic acids is 1. The molecule has 1 aromatic heterocycles. The minimum Gasteiger partial charge on any atom is -0.333 e. The maximum absolute atomic E-state index is 14.1. The Hall–Kier alpha value is -2.54. The molecular formula is C24H30N6O. The number of piperidine rings is 3. The number of hydrogen-bond donors (Lipinski definition) is 0. The van der Waals surface area contributed by atoms with Crippen LogP contribution in [-0.2, 0) is 4.79 Å². The number of aromatic nitrogens is 4. The van der Waals surface area contributed by atoms with Gasteiger partial charge in [0.15, 0.2) is 6.04 Å². The molecule has 4 aliphatic rings. The van der Waals surface area contributed by atoms with Gasteiger partial charge in [-0.3, -0.25) is 9.69 Å². The van der Waals surface area contributed by atoms with Gasteiger partial charge in [0.1, 0.15) is 6.33 Å². The quantitative estimate of drug-likeness (QED) is 0.717. The standard InChI is InChI=1S/C24H30N6O/c31-24(23(30-16-25-26-27-30)17-7-2-1-3-8-17)29-12-6-9-18-13-19-14-20(22(18)29)15-28-11-5-4-10-21(19)28/h1-3,7-8,13,16,19-23H,4-6,9-12,14-15H2/t19-,20+,21-,22-,23-/m0/s1. The highest BCUT2D eigenvalue weighted by molar-refractivity contribution is 5.84. The summed E-state index contributed by atoms with van der Waals surface area (Å²) in [6.45, 7) is 3.17. The number of tetrazole rings is 1. The van der Waals surface area contributed by atoms with E-state index in [0.717, 1.165) is 37.5 Å². The molecule has 7 nitrogen and oxygen atoms in total. The molecule has 4 heterocycles. The number of carbonyl (C=O) groups is 1. The summed E-state index contributed by atoms with van der Waals surface area (Å²) in [6.07, 6.45) is 11.5. The van der Waals surface area contributed by atoms with Crippen molar-refractivity contribution in [3.05, 3.63) is 53.9 Å². The van der Waals surface area contributed by atoms with E-state index < -0.39 is 6.04 Å². The lowest BCUT2D eigenvalue weighted by atomic mass is 9.68. The van der Waals surface area contributed by atoms with E-state index in [1.807, 2.05) is 30.3 Å². The van der Waals surface area contributed by atoms with Crippen molar-refractivity contribution in [3.8, 4) is 0 Å². The summed E-state index contributed by atoms with van der Waals surface area (Å²) in [5.74, 6) is 1.33. The molecule has 0 N–H and O–H groups in total. The van der Waals surface area contributed by atoms with Crippen LogP contribution in [0.15, 0.2) is 48.3 Å². The predicted octanol–water partition coefficient (Wildman–Crippen LogP) is 2.68. The van der Waals surface area contributed by atoms with E-state index in [1.165, 1.54) is 37.8 Å². The molecule has 162 valence electrons. The van der Waals surface area contributed by atoms with Crippen molar-refractivity contribution in [1.29, 1.82) is 0 Å². The van der Waals surface area contributed by atoms with Crippen molar-refractivity contribution < 1.29 is 4.79 Å². The van der Waals surface area contributed by atoms with E-state index in [4.69, 9.17) is 0 Å². The molecule has 1 amide bonds. The molecule has 2 aromatic rings. The van der Waals surface area contributed by atoms with Gasteiger partial charge in [0.05, 0.1) is 6.04 Å². The molecule has 5 atom stereocenters. The third-order valence-corrected chi connectivity index (χ3v) is 7.92. The SMILES string of the molecule is O=C([C@H](c1ccccc1)n1cnnn1)N1CCCC2=C[C@H]3C[C@H](CN4CCCC[C@@H]34)[C@H]21. The second kappa shape index (κ2) is 7.86. The zero-order valence-electron chi connectivity index (χ0n) is 17.9. The van der Waals surface area contributed by atoms with Gasteiger partial charge in [0.25, 0.3) is 5.91 Å². The van der Waals surface area contributed by atoms with Crippen molar-refractivity contribution in [1.82, 2.24) is 30.0 Å². The smallest absolute Gasteiger partial charge is 0.252 e. The Morgan fingerprint density at radius 2 is 2.00 bits per heavy atom. The summed E-state index contributed by atoms with van der Waals surface area (Å²) in [5.41, 5.74) is 2.44. The van der Waals surface area contributed by atoms with Crippen LogP contribution in [-0.4, -0.2) is 67.6 Å². The van der Waals surface area contributed by atoms with E-state index in [-0.39, 0.29) is 11.9 Å². The fourth-order valence-corrected chi connectivity index (χ4v) is 6.71. The van der Waals surface area contributed by atoms with E-state index in [2.05, 4.69) is 31.4 Å². The fraction of sp³-hybridized carbons (Fsp3) is 0.583. The van der Waals surface area contributed by atoms with Gasteiger partial charge in [0, 0.05) is 19.1 Å². The first-order valence-electron chi connectivity index (χ1n) is 11.8. The van der Waals surface area contributed by atoms with E-state index in [9.17, 15) is 4.79 Å². The normalized spacial score (nSPS) is 31.4. The van der Waals surface area contributed by atoms with Crippen LogP contribution in [0.25, 0.3) is 0 Å². The molecule has 3 aliphatic heterocycles. The van der Waals surface area contributed by atoms with Crippen molar-refractivity contribution in [2.45, 2.75) is 56.7 Å². The Kier molecular flexibility index (Phi) is 4.86. The average Bonchev–Trinajstić information content (AvgIpc) is 3.34. The third kappa shape index (κ3) is 3.30. The van der Waals surface area contributed by atoms with Crippen molar-refractivity contribution in [2.75, 3.05) is 19.6 Å². The Balaban J connectivity index is 1.35. The highest BCUT2D eigenvalue weighted by atomic mass is 16.2. The van der Waals surface area contributed by atoms with Crippen LogP contribution in [0.2, 0.25) is 0 Å². The molecule has 1 aromatic carbocycles. The molecule has 0 radical (unpaired) electrons. The second-order valence-corrected chi connectivity index (χ2v) is 9.64. The van der Waals surface area contributed by atoms with Gasteiger partial charge in [-0.2, -0.15) is 0 Å². The van der Waals surface area contributed by atoms with Gasteiger partial charge in [-0.05, 0) is 66.5 Å². The molecule has 0 spiro atoms. The number of fused-ring (bicyclic) bond motifs is 6. The highest BCUT2D eigenvalue weighted by Gasteiger charge is 2.48. The molecular weight excluding hydrogens is 388 g/mol. The second-order valence-electron chi connectivity index (χ2n) is 9.64. The average molecular weight is 419 g/mol. The monoisotopic (exact) mass is 418 g/mol. The Morgan fingerprint density at radius 3 is 2.84 bits per heavy atom. The number of benzene rings is 1. The summed E-state index contributed by atoms with van der Waals surface area (Å²) in [6, 6.07) is 10.4. The van der Waals surface area contributed by atoms with Gasteiger partial charge in [-0.1, -0.05) is 48.4 Å². The summed E-state index contributed by atoms with van der Waals surface area (Å²) in [4.78, 5) is 19.0. The van der Waals surface area contributed by atoms with Crippen LogP contribution in [0.5, 0.6) is 0 Å². The molecule has 7 heteroatoms. The lowest BCUT2D eigenvalue weighted by Crippen LogP contribution is -2.60. The first-order valence-corrected chi connectivity index (χ1v) is 11.8. The number of hydrogen-bond acceptors (Lipinski definition) is 5. The fourth-order valence-electron chi connectivity index (χ4n) is 6.71. The maximum atomic E-state index is 14.1. The first kappa shape index (κ1) is 19.2. The van der Waals surface area contributed by atoms with E-state index in [1.54, 1.807) is 11.0 Å². The topological polar surface area (TPSA) is 67.2 Å². The van der Waals surface area contributed by atoms with Crippen molar-refractivity contribution in [3.63, 3.8) is 0 Å². The molecule has 31 heavy (non-hydrogen) atoms. The van der Waals surface area contributed by atoms with Crippen molar-refractivity contribution >= 4 is 5.91 Å². The molecule has 1 aliphatic carbocycles. The molecule has 6 rings (SSSR count). The van der Waals surface area contributed by atoms with Crippen LogP contribution in [0.3, 0.4) is 0 Å². The molecule has 2 bridgehead atoms. The lowest BCUT2D eigenvalue weighted by molar-refractivity contribution is -0.139. The zero-order valence-corrected chi connectivity index (χ0v) is 17.9. The molecule has 3 saturated heterocycles. The van der Waals surface area contributed by atoms with Crippen LogP contribution < -0.4 is 0 Å². The Bertz CT molecular complexity index is 958. The predicted molar refractivity (Wildman–Crippen MR) is 116 cm³/mol. The van der Waals surface area contributed by atoms with E-state index in [0.29, 0.717) is 11.8 Å². The lowest BCUT2D eigenvalue weighted by Gasteiger charge is -2.55. The highest BCUT2D eigenvalue weighted by Crippen LogP contribution is 2.45. The van der Waals surface area contributed by atoms with Crippen LogP contribution in [0.1, 0.15) is 50.1 Å². The number of amides is 1. The third-order valence-electron chi connectivity index (χ3n) is 7.92. The first-order chi connectivity index (χ1) is 15.3. The van der Waals surface area contributed by atoms with Crippen LogP contribution in [0, 0.1) is 11.8 Å². The minimum absolute atomic E-state index is 0.119. The van der Waals surface area contributed by atoms with Gasteiger partial charge >= 0.3 is 0 Å². The summed E-state index contributed by atoms with van der Waals surface area (Å²) in [5, 5.41) is 11.7. The Labute approximate surface area is 183 Å². The van der Waals surface area contributed by atoms with Crippen LogP contribution >= 0.6 is 0 Å². The van der Waals surface area contributed by atoms with E-state index >= 15 is 0 Å². The van der Waals surface area contributed by atoms with Gasteiger partial charge in [0.2, 0.25) is 0 Å². The molecule has 0 unspecified atom stereocenters. The summed E-state index contributed by atoms with van der Waals surface area (Å²) >= 11 is 0. The van der Waals surface area contributed by atoms with Crippen molar-refractivity contribution in [2.24, 2.45) is 11.8 Å². The number of rotatable bonds is 3.